The number of anilines is 1. The minimum Gasteiger partial charge on any atom is -0.475 e. The quantitative estimate of drug-likeness (QED) is 0.784. The molecule has 0 spiro atoms. The van der Waals surface area contributed by atoms with Gasteiger partial charge in [0.05, 0.1) is 11.6 Å². The van der Waals surface area contributed by atoms with Crippen LogP contribution in [-0.2, 0) is 0 Å². The van der Waals surface area contributed by atoms with Crippen molar-refractivity contribution in [2.75, 3.05) is 18.6 Å². The molecule has 128 valence electrons. The number of ether oxygens (including phenoxy) is 1. The minimum atomic E-state index is 0.312. The molecular formula is C18H30N4O. The van der Waals surface area contributed by atoms with Gasteiger partial charge >= 0.3 is 0 Å². The Bertz CT molecular complexity index is 637. The molecule has 1 aliphatic heterocycles. The standard InChI is InChI=1S/C14H18N4O.2C2H6/c1-5-10-7-19-14-12-11(6-8(2)15-14)16-9(3)17-13(12)18(10)4;2*1-2/h6,10H,5,7H2,1-4H3;2*1-2H3/t10-;;/m0../s1. The molecule has 23 heavy (non-hydrogen) atoms. The predicted octanol–water partition coefficient (Wildman–Crippen LogP) is 4.30. The third-order valence-corrected chi connectivity index (χ3v) is 3.63. The van der Waals surface area contributed by atoms with Gasteiger partial charge in [-0.1, -0.05) is 34.6 Å². The lowest BCUT2D eigenvalue weighted by molar-refractivity contribution is 0.279. The van der Waals surface area contributed by atoms with Crippen molar-refractivity contribution in [2.24, 2.45) is 0 Å². The smallest absolute Gasteiger partial charge is 0.227 e. The van der Waals surface area contributed by atoms with E-state index in [2.05, 4.69) is 33.8 Å². The summed E-state index contributed by atoms with van der Waals surface area (Å²) in [6, 6.07) is 2.30. The zero-order valence-electron chi connectivity index (χ0n) is 15.8. The van der Waals surface area contributed by atoms with Crippen molar-refractivity contribution >= 4 is 16.7 Å². The number of nitrogens with zero attached hydrogens (tertiary/aromatic N) is 4. The average molecular weight is 318 g/mol. The van der Waals surface area contributed by atoms with Crippen LogP contribution in [0.15, 0.2) is 6.07 Å². The van der Waals surface area contributed by atoms with Gasteiger partial charge in [-0.2, -0.15) is 0 Å². The molecule has 1 aliphatic rings. The highest BCUT2D eigenvalue weighted by Crippen LogP contribution is 2.34. The fraction of sp³-hybridized carbons (Fsp3) is 0.611. The van der Waals surface area contributed by atoms with Crippen LogP contribution in [-0.4, -0.2) is 34.6 Å². The third-order valence-electron chi connectivity index (χ3n) is 3.63. The highest BCUT2D eigenvalue weighted by molar-refractivity contribution is 5.94. The maximum absolute atomic E-state index is 5.88. The highest BCUT2D eigenvalue weighted by atomic mass is 16.5. The predicted molar refractivity (Wildman–Crippen MR) is 97.5 cm³/mol. The summed E-state index contributed by atoms with van der Waals surface area (Å²) in [5.74, 6) is 2.37. The van der Waals surface area contributed by atoms with Crippen LogP contribution in [0, 0.1) is 13.8 Å². The van der Waals surface area contributed by atoms with Gasteiger partial charge in [0.1, 0.15) is 23.6 Å². The van der Waals surface area contributed by atoms with Gasteiger partial charge in [-0.3, -0.25) is 0 Å². The van der Waals surface area contributed by atoms with Gasteiger partial charge in [0.15, 0.2) is 0 Å². The van der Waals surface area contributed by atoms with E-state index in [1.54, 1.807) is 0 Å². The first kappa shape index (κ1) is 19.1. The molecule has 2 aromatic rings. The van der Waals surface area contributed by atoms with Crippen LogP contribution in [0.4, 0.5) is 5.82 Å². The largest absolute Gasteiger partial charge is 0.475 e. The molecule has 0 radical (unpaired) electrons. The molecule has 0 saturated carbocycles. The molecule has 0 aliphatic carbocycles. The monoisotopic (exact) mass is 318 g/mol. The van der Waals surface area contributed by atoms with E-state index in [4.69, 9.17) is 4.74 Å². The molecule has 0 amide bonds. The first-order valence-corrected chi connectivity index (χ1v) is 8.61. The molecule has 3 heterocycles. The molecule has 0 saturated heterocycles. The van der Waals surface area contributed by atoms with Gasteiger partial charge in [0.2, 0.25) is 5.88 Å². The second-order valence-electron chi connectivity index (χ2n) is 5.04. The summed E-state index contributed by atoms with van der Waals surface area (Å²) in [6.07, 6.45) is 1.01. The molecule has 5 heteroatoms. The lowest BCUT2D eigenvalue weighted by atomic mass is 10.2. The molecule has 0 bridgehead atoms. The summed E-state index contributed by atoms with van der Waals surface area (Å²) < 4.78 is 5.88. The number of aryl methyl sites for hydroxylation is 2. The number of hydrogen-bond acceptors (Lipinski definition) is 5. The van der Waals surface area contributed by atoms with Crippen molar-refractivity contribution in [1.29, 1.82) is 0 Å². The molecule has 3 rings (SSSR count). The van der Waals surface area contributed by atoms with Crippen molar-refractivity contribution < 1.29 is 4.74 Å². The lowest BCUT2D eigenvalue weighted by Crippen LogP contribution is -2.35. The van der Waals surface area contributed by atoms with Gasteiger partial charge in [-0.15, -0.1) is 0 Å². The Hall–Kier alpha value is -1.91. The second-order valence-corrected chi connectivity index (χ2v) is 5.04. The van der Waals surface area contributed by atoms with Gasteiger partial charge in [-0.25, -0.2) is 15.0 Å². The van der Waals surface area contributed by atoms with E-state index in [9.17, 15) is 0 Å². The molecule has 5 nitrogen and oxygen atoms in total. The van der Waals surface area contributed by atoms with Gasteiger partial charge < -0.3 is 9.64 Å². The topological polar surface area (TPSA) is 51.1 Å². The van der Waals surface area contributed by atoms with Gasteiger partial charge in [0.25, 0.3) is 0 Å². The zero-order chi connectivity index (χ0) is 17.6. The highest BCUT2D eigenvalue weighted by Gasteiger charge is 2.25. The number of aromatic nitrogens is 3. The molecule has 0 N–H and O–H groups in total. The fourth-order valence-corrected chi connectivity index (χ4v) is 2.55. The van der Waals surface area contributed by atoms with Crippen molar-refractivity contribution in [2.45, 2.75) is 60.9 Å². The number of hydrogen-bond donors (Lipinski definition) is 0. The Labute approximate surface area is 140 Å². The summed E-state index contributed by atoms with van der Waals surface area (Å²) in [4.78, 5) is 15.8. The number of rotatable bonds is 1. The maximum Gasteiger partial charge on any atom is 0.227 e. The summed E-state index contributed by atoms with van der Waals surface area (Å²) >= 11 is 0. The molecule has 2 aromatic heterocycles. The van der Waals surface area contributed by atoms with Gasteiger partial charge in [-0.05, 0) is 26.3 Å². The normalized spacial score (nSPS) is 15.7. The van der Waals surface area contributed by atoms with Crippen molar-refractivity contribution in [3.8, 4) is 5.88 Å². The van der Waals surface area contributed by atoms with Crippen LogP contribution in [0.2, 0.25) is 0 Å². The fourth-order valence-electron chi connectivity index (χ4n) is 2.55. The summed E-state index contributed by atoms with van der Waals surface area (Å²) in [7, 11) is 2.06. The van der Waals surface area contributed by atoms with E-state index in [1.807, 2.05) is 47.6 Å². The summed E-state index contributed by atoms with van der Waals surface area (Å²) in [5, 5.41) is 0.926. The van der Waals surface area contributed by atoms with E-state index in [1.165, 1.54) is 0 Å². The molecule has 1 atom stereocenters. The van der Waals surface area contributed by atoms with E-state index in [-0.39, 0.29) is 0 Å². The molecule has 0 aromatic carbocycles. The van der Waals surface area contributed by atoms with Gasteiger partial charge in [0, 0.05) is 12.7 Å². The molecular weight excluding hydrogens is 288 g/mol. The second kappa shape index (κ2) is 8.65. The van der Waals surface area contributed by atoms with Crippen LogP contribution in [0.25, 0.3) is 10.9 Å². The third kappa shape index (κ3) is 3.89. The summed E-state index contributed by atoms with van der Waals surface area (Å²) in [5.41, 5.74) is 1.83. The van der Waals surface area contributed by atoms with Crippen LogP contribution >= 0.6 is 0 Å². The zero-order valence-corrected chi connectivity index (χ0v) is 15.8. The first-order chi connectivity index (χ1) is 11.1. The maximum atomic E-state index is 5.88. The Balaban J connectivity index is 0.000000615. The van der Waals surface area contributed by atoms with Crippen LogP contribution < -0.4 is 9.64 Å². The molecule has 0 fully saturated rings. The van der Waals surface area contributed by atoms with Crippen LogP contribution in [0.1, 0.15) is 52.6 Å². The van der Waals surface area contributed by atoms with E-state index in [0.29, 0.717) is 18.5 Å². The van der Waals surface area contributed by atoms with Crippen molar-refractivity contribution in [1.82, 2.24) is 15.0 Å². The number of pyridine rings is 1. The van der Waals surface area contributed by atoms with Crippen LogP contribution in [0.3, 0.4) is 0 Å². The van der Waals surface area contributed by atoms with E-state index in [0.717, 1.165) is 34.7 Å². The van der Waals surface area contributed by atoms with E-state index >= 15 is 0 Å². The van der Waals surface area contributed by atoms with Crippen molar-refractivity contribution in [3.63, 3.8) is 0 Å². The Kier molecular flexibility index (Phi) is 7.20. The van der Waals surface area contributed by atoms with E-state index < -0.39 is 0 Å². The SMILES string of the molecule is CC.CC.CC[C@H]1COc2nc(C)cc3nc(C)nc(c23)N1C. The summed E-state index contributed by atoms with van der Waals surface area (Å²) in [6.45, 7) is 14.7. The number of likely N-dealkylation sites (N-methyl/N-ethyl adjacent to an activating group) is 1. The Morgan fingerprint density at radius 1 is 1.13 bits per heavy atom. The van der Waals surface area contributed by atoms with Crippen LogP contribution in [0.5, 0.6) is 5.88 Å². The minimum absolute atomic E-state index is 0.312. The molecule has 0 unspecified atom stereocenters. The first-order valence-electron chi connectivity index (χ1n) is 8.61. The van der Waals surface area contributed by atoms with Crippen molar-refractivity contribution in [3.05, 3.63) is 17.6 Å². The lowest BCUT2D eigenvalue weighted by Gasteiger charge is -2.25. The average Bonchev–Trinajstić information content (AvgIpc) is 2.69. The Morgan fingerprint density at radius 3 is 2.39 bits per heavy atom. The Morgan fingerprint density at radius 2 is 1.78 bits per heavy atom.